The van der Waals surface area contributed by atoms with Crippen LogP contribution in [0.2, 0.25) is 0 Å². The number of carbonyl (C=O) groups excluding carboxylic acids is 1. The molecule has 0 aliphatic heterocycles. The molecule has 3 rings (SSSR count). The fourth-order valence-corrected chi connectivity index (χ4v) is 2.64. The van der Waals surface area contributed by atoms with Gasteiger partial charge in [0.25, 0.3) is 0 Å². The molecule has 0 saturated heterocycles. The Hall–Kier alpha value is -3.48. The molecule has 0 amide bonds. The maximum absolute atomic E-state index is 12.7. The first-order valence-electron chi connectivity index (χ1n) is 9.31. The lowest BCUT2D eigenvalue weighted by molar-refractivity contribution is -0.150. The van der Waals surface area contributed by atoms with Crippen molar-refractivity contribution in [1.82, 2.24) is 0 Å². The summed E-state index contributed by atoms with van der Waals surface area (Å²) in [5.74, 6) is 1.20. The van der Waals surface area contributed by atoms with Crippen molar-refractivity contribution in [2.45, 2.75) is 26.9 Å². The Kier molecular flexibility index (Phi) is 6.39. The second kappa shape index (κ2) is 9.14. The monoisotopic (exact) mass is 398 g/mol. The maximum atomic E-state index is 12.7. The standard InChI is InChI=1S/C22H22O7/c1-4-25-15-6-8-16(9-7-15)29-20-13-27-19-12-17(10-11-18(19)21(20)23)28-14(3)22(24)26-5-2/h6-14H,4-5H2,1-3H3/t14-/m1/s1. The molecule has 0 saturated carbocycles. The lowest BCUT2D eigenvalue weighted by Gasteiger charge is -2.13. The van der Waals surface area contributed by atoms with Gasteiger partial charge in [-0.15, -0.1) is 0 Å². The molecule has 29 heavy (non-hydrogen) atoms. The fourth-order valence-electron chi connectivity index (χ4n) is 2.64. The fraction of sp³-hybridized carbons (Fsp3) is 0.273. The highest BCUT2D eigenvalue weighted by molar-refractivity contribution is 5.79. The minimum absolute atomic E-state index is 0.0650. The van der Waals surface area contributed by atoms with Crippen molar-refractivity contribution in [2.75, 3.05) is 13.2 Å². The molecule has 0 N–H and O–H groups in total. The molecule has 152 valence electrons. The van der Waals surface area contributed by atoms with Crippen molar-refractivity contribution in [3.05, 3.63) is 59.0 Å². The summed E-state index contributed by atoms with van der Waals surface area (Å²) in [4.78, 5) is 24.4. The molecule has 0 radical (unpaired) electrons. The van der Waals surface area contributed by atoms with Crippen LogP contribution in [0.3, 0.4) is 0 Å². The topological polar surface area (TPSA) is 84.2 Å². The van der Waals surface area contributed by atoms with E-state index in [0.717, 1.165) is 5.75 Å². The van der Waals surface area contributed by atoms with Gasteiger partial charge in [0, 0.05) is 6.07 Å². The quantitative estimate of drug-likeness (QED) is 0.523. The highest BCUT2D eigenvalue weighted by atomic mass is 16.6. The predicted octanol–water partition coefficient (Wildman–Crippen LogP) is 4.31. The predicted molar refractivity (Wildman–Crippen MR) is 107 cm³/mol. The van der Waals surface area contributed by atoms with Crippen LogP contribution in [-0.4, -0.2) is 25.3 Å². The van der Waals surface area contributed by atoms with Gasteiger partial charge in [-0.25, -0.2) is 4.79 Å². The zero-order valence-electron chi connectivity index (χ0n) is 16.5. The van der Waals surface area contributed by atoms with Gasteiger partial charge in [-0.2, -0.15) is 0 Å². The molecule has 0 bridgehead atoms. The minimum Gasteiger partial charge on any atom is -0.494 e. The van der Waals surface area contributed by atoms with Gasteiger partial charge in [0.15, 0.2) is 6.10 Å². The Labute approximate surface area is 167 Å². The van der Waals surface area contributed by atoms with Gasteiger partial charge in [-0.3, -0.25) is 4.79 Å². The third kappa shape index (κ3) is 4.87. The highest BCUT2D eigenvalue weighted by Gasteiger charge is 2.17. The molecule has 1 aromatic heterocycles. The third-order valence-electron chi connectivity index (χ3n) is 4.01. The molecule has 3 aromatic rings. The average Bonchev–Trinajstić information content (AvgIpc) is 2.72. The van der Waals surface area contributed by atoms with E-state index in [4.69, 9.17) is 23.4 Å². The summed E-state index contributed by atoms with van der Waals surface area (Å²) in [6.07, 6.45) is 0.473. The molecule has 2 aromatic carbocycles. The number of fused-ring (bicyclic) bond motifs is 1. The number of hydrogen-bond donors (Lipinski definition) is 0. The van der Waals surface area contributed by atoms with Crippen molar-refractivity contribution in [1.29, 1.82) is 0 Å². The number of rotatable bonds is 8. The van der Waals surface area contributed by atoms with Crippen LogP contribution in [0.4, 0.5) is 0 Å². The lowest BCUT2D eigenvalue weighted by Crippen LogP contribution is -2.26. The van der Waals surface area contributed by atoms with Crippen LogP contribution in [0, 0.1) is 0 Å². The van der Waals surface area contributed by atoms with Crippen molar-refractivity contribution in [3.8, 4) is 23.0 Å². The molecule has 0 spiro atoms. The van der Waals surface area contributed by atoms with Crippen molar-refractivity contribution < 1.29 is 28.2 Å². The summed E-state index contributed by atoms with van der Waals surface area (Å²) in [5.41, 5.74) is 0.00716. The smallest absolute Gasteiger partial charge is 0.347 e. The van der Waals surface area contributed by atoms with Crippen molar-refractivity contribution in [3.63, 3.8) is 0 Å². The lowest BCUT2D eigenvalue weighted by atomic mass is 10.2. The zero-order chi connectivity index (χ0) is 20.8. The Morgan fingerprint density at radius 1 is 1.00 bits per heavy atom. The number of benzene rings is 2. The van der Waals surface area contributed by atoms with Gasteiger partial charge in [-0.1, -0.05) is 0 Å². The van der Waals surface area contributed by atoms with Gasteiger partial charge in [0.1, 0.15) is 29.1 Å². The average molecular weight is 398 g/mol. The van der Waals surface area contributed by atoms with E-state index in [0.29, 0.717) is 29.1 Å². The minimum atomic E-state index is -0.776. The maximum Gasteiger partial charge on any atom is 0.347 e. The van der Waals surface area contributed by atoms with E-state index in [9.17, 15) is 9.59 Å². The Morgan fingerprint density at radius 3 is 2.38 bits per heavy atom. The third-order valence-corrected chi connectivity index (χ3v) is 4.01. The van der Waals surface area contributed by atoms with E-state index in [-0.39, 0.29) is 17.8 Å². The number of ether oxygens (including phenoxy) is 4. The van der Waals surface area contributed by atoms with Gasteiger partial charge in [0.2, 0.25) is 11.2 Å². The summed E-state index contributed by atoms with van der Waals surface area (Å²) >= 11 is 0. The van der Waals surface area contributed by atoms with Crippen LogP contribution < -0.4 is 19.6 Å². The summed E-state index contributed by atoms with van der Waals surface area (Å²) in [7, 11) is 0. The summed E-state index contributed by atoms with van der Waals surface area (Å²) in [6.45, 7) is 6.06. The molecular weight excluding hydrogens is 376 g/mol. The van der Waals surface area contributed by atoms with E-state index in [1.807, 2.05) is 6.92 Å². The van der Waals surface area contributed by atoms with Gasteiger partial charge >= 0.3 is 5.97 Å². The Morgan fingerprint density at radius 2 is 1.69 bits per heavy atom. The van der Waals surface area contributed by atoms with Crippen LogP contribution in [0.1, 0.15) is 20.8 Å². The van der Waals surface area contributed by atoms with Crippen molar-refractivity contribution >= 4 is 16.9 Å². The normalized spacial score (nSPS) is 11.7. The van der Waals surface area contributed by atoms with Crippen LogP contribution in [0.25, 0.3) is 11.0 Å². The molecule has 0 aliphatic rings. The largest absolute Gasteiger partial charge is 0.494 e. The van der Waals surface area contributed by atoms with E-state index < -0.39 is 12.1 Å². The molecule has 0 fully saturated rings. The van der Waals surface area contributed by atoms with Gasteiger partial charge in [0.05, 0.1) is 18.6 Å². The molecule has 0 aliphatic carbocycles. The molecule has 0 unspecified atom stereocenters. The van der Waals surface area contributed by atoms with Crippen LogP contribution in [0.5, 0.6) is 23.0 Å². The second-order valence-electron chi connectivity index (χ2n) is 6.11. The van der Waals surface area contributed by atoms with E-state index in [1.165, 1.54) is 6.26 Å². The Bertz CT molecular complexity index is 1040. The number of carbonyl (C=O) groups is 1. The first kappa shape index (κ1) is 20.3. The highest BCUT2D eigenvalue weighted by Crippen LogP contribution is 2.25. The first-order chi connectivity index (χ1) is 14.0. The first-order valence-corrected chi connectivity index (χ1v) is 9.31. The number of hydrogen-bond acceptors (Lipinski definition) is 7. The summed E-state index contributed by atoms with van der Waals surface area (Å²) in [5, 5.41) is 0.338. The van der Waals surface area contributed by atoms with Crippen LogP contribution in [0.15, 0.2) is 57.9 Å². The van der Waals surface area contributed by atoms with Crippen molar-refractivity contribution in [2.24, 2.45) is 0 Å². The molecule has 7 heteroatoms. The van der Waals surface area contributed by atoms with Crippen LogP contribution >= 0.6 is 0 Å². The Balaban J connectivity index is 1.79. The van der Waals surface area contributed by atoms with E-state index >= 15 is 0 Å². The molecular formula is C22H22O7. The molecule has 7 nitrogen and oxygen atoms in total. The SMILES string of the molecule is CCOC(=O)[C@@H](C)Oc1ccc2c(=O)c(Oc3ccc(OCC)cc3)coc2c1. The number of esters is 1. The van der Waals surface area contributed by atoms with Gasteiger partial charge in [-0.05, 0) is 57.2 Å². The summed E-state index contributed by atoms with van der Waals surface area (Å²) < 4.78 is 27.0. The second-order valence-corrected chi connectivity index (χ2v) is 6.11. The van der Waals surface area contributed by atoms with E-state index in [2.05, 4.69) is 0 Å². The summed E-state index contributed by atoms with van der Waals surface area (Å²) in [6, 6.07) is 11.7. The van der Waals surface area contributed by atoms with Gasteiger partial charge < -0.3 is 23.4 Å². The van der Waals surface area contributed by atoms with E-state index in [1.54, 1.807) is 56.3 Å². The van der Waals surface area contributed by atoms with Crippen LogP contribution in [-0.2, 0) is 9.53 Å². The molecule has 1 atom stereocenters. The zero-order valence-corrected chi connectivity index (χ0v) is 16.5. The molecule has 1 heterocycles.